The van der Waals surface area contributed by atoms with Crippen LogP contribution in [-0.2, 0) is 10.0 Å². The van der Waals surface area contributed by atoms with Crippen LogP contribution in [0, 0.1) is 13.8 Å². The Kier molecular flexibility index (Phi) is 5.58. The van der Waals surface area contributed by atoms with Gasteiger partial charge < -0.3 is 4.52 Å². The Labute approximate surface area is 167 Å². The van der Waals surface area contributed by atoms with Gasteiger partial charge in [-0.05, 0) is 38.3 Å². The third-order valence-corrected chi connectivity index (χ3v) is 8.12. The summed E-state index contributed by atoms with van der Waals surface area (Å²) < 4.78 is 33.6. The number of hydrogen-bond donors (Lipinski definition) is 0. The van der Waals surface area contributed by atoms with Gasteiger partial charge in [0.15, 0.2) is 5.76 Å². The lowest BCUT2D eigenvalue weighted by molar-refractivity contribution is 0.111. The third-order valence-electron chi connectivity index (χ3n) is 6.08. The van der Waals surface area contributed by atoms with Crippen LogP contribution in [0.3, 0.4) is 0 Å². The van der Waals surface area contributed by atoms with Crippen LogP contribution in [0.2, 0.25) is 0 Å². The molecule has 1 aliphatic carbocycles. The second kappa shape index (κ2) is 7.97. The summed E-state index contributed by atoms with van der Waals surface area (Å²) in [6.07, 6.45) is 6.45. The van der Waals surface area contributed by atoms with Gasteiger partial charge in [-0.15, -0.1) is 0 Å². The van der Waals surface area contributed by atoms with Gasteiger partial charge in [0.05, 0.1) is 10.6 Å². The maximum atomic E-state index is 13.3. The Morgan fingerprint density at radius 3 is 2.36 bits per heavy atom. The minimum atomic E-state index is -3.53. The van der Waals surface area contributed by atoms with Gasteiger partial charge in [-0.25, -0.2) is 8.42 Å². The molecule has 2 heterocycles. The van der Waals surface area contributed by atoms with Gasteiger partial charge >= 0.3 is 0 Å². The standard InChI is InChI=1S/C21H29N3O3S/c1-16-8-9-18(20-14-17(2)22-27-20)15-21(16)28(25,26)24-12-10-23(11-13-24)19-6-4-3-5-7-19/h8-9,14-15,19H,3-7,10-13H2,1-2H3. The van der Waals surface area contributed by atoms with Crippen LogP contribution in [0.15, 0.2) is 33.7 Å². The van der Waals surface area contributed by atoms with E-state index in [1.807, 2.05) is 32.0 Å². The molecule has 0 atom stereocenters. The van der Waals surface area contributed by atoms with E-state index in [-0.39, 0.29) is 0 Å². The van der Waals surface area contributed by atoms with Crippen LogP contribution in [0.4, 0.5) is 0 Å². The molecule has 2 aromatic rings. The second-order valence-electron chi connectivity index (χ2n) is 8.04. The van der Waals surface area contributed by atoms with Gasteiger partial charge in [-0.2, -0.15) is 4.31 Å². The lowest BCUT2D eigenvalue weighted by atomic mass is 9.94. The number of hydrogen-bond acceptors (Lipinski definition) is 5. The van der Waals surface area contributed by atoms with Crippen LogP contribution < -0.4 is 0 Å². The minimum absolute atomic E-state index is 0.366. The van der Waals surface area contributed by atoms with Crippen LogP contribution in [0.1, 0.15) is 43.4 Å². The van der Waals surface area contributed by atoms with Crippen LogP contribution in [-0.4, -0.2) is 55.0 Å². The Morgan fingerprint density at radius 1 is 1.00 bits per heavy atom. The quantitative estimate of drug-likeness (QED) is 0.780. The Morgan fingerprint density at radius 2 is 1.71 bits per heavy atom. The highest BCUT2D eigenvalue weighted by Crippen LogP contribution is 2.29. The molecule has 2 fully saturated rings. The molecular weight excluding hydrogens is 374 g/mol. The normalized spacial score (nSPS) is 20.5. The monoisotopic (exact) mass is 403 g/mol. The van der Waals surface area contributed by atoms with Crippen LogP contribution in [0.25, 0.3) is 11.3 Å². The molecule has 0 bridgehead atoms. The number of sulfonamides is 1. The first kappa shape index (κ1) is 19.6. The fourth-order valence-electron chi connectivity index (χ4n) is 4.43. The van der Waals surface area contributed by atoms with Crippen molar-refractivity contribution in [3.8, 4) is 11.3 Å². The summed E-state index contributed by atoms with van der Waals surface area (Å²) in [6.45, 7) is 6.47. The van der Waals surface area contributed by atoms with Crippen molar-refractivity contribution in [2.24, 2.45) is 0 Å². The first-order valence-corrected chi connectivity index (χ1v) is 11.7. The first-order chi connectivity index (χ1) is 13.4. The van der Waals surface area contributed by atoms with E-state index in [4.69, 9.17) is 4.52 Å². The summed E-state index contributed by atoms with van der Waals surface area (Å²) in [6, 6.07) is 7.91. The summed E-state index contributed by atoms with van der Waals surface area (Å²) in [7, 11) is -3.53. The number of nitrogens with zero attached hydrogens (tertiary/aromatic N) is 3. The molecule has 4 rings (SSSR count). The van der Waals surface area contributed by atoms with E-state index in [0.29, 0.717) is 29.8 Å². The summed E-state index contributed by atoms with van der Waals surface area (Å²) in [5.74, 6) is 0.594. The van der Waals surface area contributed by atoms with Gasteiger partial charge in [-0.3, -0.25) is 4.90 Å². The van der Waals surface area contributed by atoms with Gasteiger partial charge in [0.1, 0.15) is 0 Å². The van der Waals surface area contributed by atoms with E-state index in [0.717, 1.165) is 29.9 Å². The largest absolute Gasteiger partial charge is 0.356 e. The molecule has 1 saturated carbocycles. The van der Waals surface area contributed by atoms with E-state index in [1.54, 1.807) is 10.4 Å². The SMILES string of the molecule is Cc1cc(-c2ccc(C)c(S(=O)(=O)N3CCN(C4CCCCC4)CC3)c2)on1. The summed E-state index contributed by atoms with van der Waals surface area (Å²) >= 11 is 0. The van der Waals surface area contributed by atoms with E-state index in [2.05, 4.69) is 10.1 Å². The van der Waals surface area contributed by atoms with Gasteiger partial charge in [0.25, 0.3) is 0 Å². The van der Waals surface area contributed by atoms with E-state index >= 15 is 0 Å². The highest BCUT2D eigenvalue weighted by Gasteiger charge is 2.32. The highest BCUT2D eigenvalue weighted by molar-refractivity contribution is 7.89. The fraction of sp³-hybridized carbons (Fsp3) is 0.571. The predicted molar refractivity (Wildman–Crippen MR) is 109 cm³/mol. The molecule has 0 amide bonds. The van der Waals surface area contributed by atoms with Crippen molar-refractivity contribution in [1.29, 1.82) is 0 Å². The van der Waals surface area contributed by atoms with Crippen molar-refractivity contribution < 1.29 is 12.9 Å². The van der Waals surface area contributed by atoms with Crippen LogP contribution >= 0.6 is 0 Å². The molecule has 7 heteroatoms. The van der Waals surface area contributed by atoms with Crippen LogP contribution in [0.5, 0.6) is 0 Å². The minimum Gasteiger partial charge on any atom is -0.356 e. The van der Waals surface area contributed by atoms with E-state index in [1.165, 1.54) is 32.1 Å². The zero-order valence-electron chi connectivity index (χ0n) is 16.7. The number of rotatable bonds is 4. The molecule has 28 heavy (non-hydrogen) atoms. The molecule has 6 nitrogen and oxygen atoms in total. The Bertz CT molecular complexity index is 924. The maximum absolute atomic E-state index is 13.3. The zero-order chi connectivity index (χ0) is 19.7. The zero-order valence-corrected chi connectivity index (χ0v) is 17.5. The molecule has 0 radical (unpaired) electrons. The van der Waals surface area contributed by atoms with Gasteiger partial charge in [0, 0.05) is 43.9 Å². The molecule has 0 unspecified atom stereocenters. The van der Waals surface area contributed by atoms with Gasteiger partial charge in [0.2, 0.25) is 10.0 Å². The number of benzene rings is 1. The summed E-state index contributed by atoms with van der Waals surface area (Å²) in [5.41, 5.74) is 2.28. The van der Waals surface area contributed by atoms with E-state index < -0.39 is 10.0 Å². The lowest BCUT2D eigenvalue weighted by Gasteiger charge is -2.40. The summed E-state index contributed by atoms with van der Waals surface area (Å²) in [4.78, 5) is 2.86. The summed E-state index contributed by atoms with van der Waals surface area (Å²) in [5, 5.41) is 3.91. The maximum Gasteiger partial charge on any atom is 0.243 e. The highest BCUT2D eigenvalue weighted by atomic mass is 32.2. The molecule has 1 saturated heterocycles. The predicted octanol–water partition coefficient (Wildman–Crippen LogP) is 3.60. The molecule has 0 N–H and O–H groups in total. The molecule has 1 aliphatic heterocycles. The molecule has 152 valence electrons. The average Bonchev–Trinajstić information content (AvgIpc) is 3.15. The number of aryl methyl sites for hydroxylation is 2. The van der Waals surface area contributed by atoms with Crippen molar-refractivity contribution in [3.63, 3.8) is 0 Å². The number of aromatic nitrogens is 1. The van der Waals surface area contributed by atoms with Crippen molar-refractivity contribution in [3.05, 3.63) is 35.5 Å². The Balaban J connectivity index is 1.52. The fourth-order valence-corrected chi connectivity index (χ4v) is 6.10. The third kappa shape index (κ3) is 3.88. The smallest absolute Gasteiger partial charge is 0.243 e. The van der Waals surface area contributed by atoms with Gasteiger partial charge in [-0.1, -0.05) is 36.6 Å². The van der Waals surface area contributed by atoms with Crippen molar-refractivity contribution >= 4 is 10.0 Å². The molecule has 1 aromatic heterocycles. The van der Waals surface area contributed by atoms with Crippen molar-refractivity contribution in [1.82, 2.24) is 14.4 Å². The Hall–Kier alpha value is -1.70. The number of piperazine rings is 1. The molecular formula is C21H29N3O3S. The van der Waals surface area contributed by atoms with Crippen molar-refractivity contribution in [2.75, 3.05) is 26.2 Å². The molecule has 0 spiro atoms. The topological polar surface area (TPSA) is 66.7 Å². The lowest BCUT2D eigenvalue weighted by Crippen LogP contribution is -2.52. The molecule has 1 aromatic carbocycles. The average molecular weight is 404 g/mol. The van der Waals surface area contributed by atoms with Crippen molar-refractivity contribution in [2.45, 2.75) is 56.9 Å². The second-order valence-corrected chi connectivity index (χ2v) is 9.95. The first-order valence-electron chi connectivity index (χ1n) is 10.2. The van der Waals surface area contributed by atoms with E-state index in [9.17, 15) is 8.42 Å². The molecule has 2 aliphatic rings.